The number of benzene rings is 2. The SMILES string of the molecule is N#CC(NCc1ccccc1)c1ccc(F)cc1Cl. The number of nitrogens with one attached hydrogen (secondary N) is 1. The summed E-state index contributed by atoms with van der Waals surface area (Å²) in [6, 6.07) is 15.3. The lowest BCUT2D eigenvalue weighted by Crippen LogP contribution is -2.19. The Morgan fingerprint density at radius 2 is 1.95 bits per heavy atom. The summed E-state index contributed by atoms with van der Waals surface area (Å²) < 4.78 is 13.0. The summed E-state index contributed by atoms with van der Waals surface area (Å²) in [6.45, 7) is 0.548. The van der Waals surface area contributed by atoms with Crippen LogP contribution >= 0.6 is 11.6 Å². The lowest BCUT2D eigenvalue weighted by atomic mass is 10.1. The van der Waals surface area contributed by atoms with Crippen molar-refractivity contribution < 1.29 is 4.39 Å². The van der Waals surface area contributed by atoms with Crippen molar-refractivity contribution in [3.05, 3.63) is 70.5 Å². The minimum Gasteiger partial charge on any atom is -0.294 e. The molecule has 0 aliphatic rings. The van der Waals surface area contributed by atoms with Gasteiger partial charge in [-0.2, -0.15) is 5.26 Å². The van der Waals surface area contributed by atoms with Gasteiger partial charge >= 0.3 is 0 Å². The molecular formula is C15H12ClFN2. The second-order valence-electron chi connectivity index (χ2n) is 4.09. The quantitative estimate of drug-likeness (QED) is 0.920. The third-order valence-electron chi connectivity index (χ3n) is 2.76. The molecule has 0 amide bonds. The van der Waals surface area contributed by atoms with E-state index in [9.17, 15) is 9.65 Å². The Bertz CT molecular complexity index is 593. The van der Waals surface area contributed by atoms with Gasteiger partial charge in [0.25, 0.3) is 0 Å². The molecule has 0 saturated carbocycles. The molecule has 0 fully saturated rings. The van der Waals surface area contributed by atoms with Crippen molar-refractivity contribution in [1.82, 2.24) is 5.32 Å². The first kappa shape index (κ1) is 13.5. The van der Waals surface area contributed by atoms with Gasteiger partial charge in [0.05, 0.1) is 6.07 Å². The van der Waals surface area contributed by atoms with Gasteiger partial charge in [-0.1, -0.05) is 48.0 Å². The smallest absolute Gasteiger partial charge is 0.124 e. The van der Waals surface area contributed by atoms with Crippen LogP contribution in [0.2, 0.25) is 5.02 Å². The Labute approximate surface area is 116 Å². The van der Waals surface area contributed by atoms with Gasteiger partial charge in [0.15, 0.2) is 0 Å². The molecule has 0 radical (unpaired) electrons. The van der Waals surface area contributed by atoms with Crippen molar-refractivity contribution in [2.45, 2.75) is 12.6 Å². The zero-order valence-electron chi connectivity index (χ0n) is 10.1. The Balaban J connectivity index is 2.11. The van der Waals surface area contributed by atoms with Crippen LogP contribution in [0.15, 0.2) is 48.5 Å². The molecule has 0 aromatic heterocycles. The summed E-state index contributed by atoms with van der Waals surface area (Å²) in [5.74, 6) is -0.409. The topological polar surface area (TPSA) is 35.8 Å². The predicted octanol–water partition coefficient (Wildman–Crippen LogP) is 3.83. The molecule has 96 valence electrons. The van der Waals surface area contributed by atoms with Gasteiger partial charge in [-0.15, -0.1) is 0 Å². The molecule has 1 atom stereocenters. The van der Waals surface area contributed by atoms with Crippen LogP contribution in [0.25, 0.3) is 0 Å². The molecule has 4 heteroatoms. The molecule has 0 bridgehead atoms. The molecule has 2 aromatic rings. The van der Waals surface area contributed by atoms with Crippen molar-refractivity contribution in [3.8, 4) is 6.07 Å². The third kappa shape index (κ3) is 3.54. The normalized spacial score (nSPS) is 11.8. The maximum Gasteiger partial charge on any atom is 0.124 e. The van der Waals surface area contributed by atoms with E-state index in [2.05, 4.69) is 11.4 Å². The summed E-state index contributed by atoms with van der Waals surface area (Å²) in [4.78, 5) is 0. The first-order valence-electron chi connectivity index (χ1n) is 5.82. The van der Waals surface area contributed by atoms with Crippen LogP contribution in [-0.4, -0.2) is 0 Å². The van der Waals surface area contributed by atoms with E-state index in [1.54, 1.807) is 0 Å². The van der Waals surface area contributed by atoms with E-state index < -0.39 is 11.9 Å². The van der Waals surface area contributed by atoms with Gasteiger partial charge in [0, 0.05) is 17.1 Å². The fourth-order valence-electron chi connectivity index (χ4n) is 1.78. The highest BCUT2D eigenvalue weighted by Crippen LogP contribution is 2.23. The Morgan fingerprint density at radius 3 is 2.58 bits per heavy atom. The molecule has 2 rings (SSSR count). The monoisotopic (exact) mass is 274 g/mol. The third-order valence-corrected chi connectivity index (χ3v) is 3.08. The molecule has 1 unspecified atom stereocenters. The average Bonchev–Trinajstić information content (AvgIpc) is 2.42. The fourth-order valence-corrected chi connectivity index (χ4v) is 2.05. The first-order valence-corrected chi connectivity index (χ1v) is 6.20. The lowest BCUT2D eigenvalue weighted by molar-refractivity contribution is 0.614. The van der Waals surface area contributed by atoms with Crippen molar-refractivity contribution >= 4 is 11.6 Å². The van der Waals surface area contributed by atoms with E-state index in [1.807, 2.05) is 30.3 Å². The summed E-state index contributed by atoms with van der Waals surface area (Å²) in [7, 11) is 0. The Kier molecular flexibility index (Phi) is 4.51. The van der Waals surface area contributed by atoms with Gasteiger partial charge in [-0.25, -0.2) is 4.39 Å². The van der Waals surface area contributed by atoms with E-state index in [0.29, 0.717) is 12.1 Å². The molecule has 2 nitrogen and oxygen atoms in total. The van der Waals surface area contributed by atoms with Gasteiger partial charge < -0.3 is 0 Å². The van der Waals surface area contributed by atoms with E-state index in [0.717, 1.165) is 5.56 Å². The van der Waals surface area contributed by atoms with Crippen LogP contribution in [0.4, 0.5) is 4.39 Å². The van der Waals surface area contributed by atoms with Crippen molar-refractivity contribution in [1.29, 1.82) is 5.26 Å². The van der Waals surface area contributed by atoms with Crippen LogP contribution in [0, 0.1) is 17.1 Å². The van der Waals surface area contributed by atoms with Crippen LogP contribution < -0.4 is 5.32 Å². The average molecular weight is 275 g/mol. The van der Waals surface area contributed by atoms with Gasteiger partial charge in [0.1, 0.15) is 11.9 Å². The molecular weight excluding hydrogens is 263 g/mol. The van der Waals surface area contributed by atoms with E-state index in [4.69, 9.17) is 11.6 Å². The Hall–Kier alpha value is -1.89. The summed E-state index contributed by atoms with van der Waals surface area (Å²) in [6.07, 6.45) is 0. The number of halogens is 2. The zero-order chi connectivity index (χ0) is 13.7. The summed E-state index contributed by atoms with van der Waals surface area (Å²) >= 11 is 5.95. The van der Waals surface area contributed by atoms with E-state index >= 15 is 0 Å². The summed E-state index contributed by atoms with van der Waals surface area (Å²) in [5.41, 5.74) is 1.66. The maximum atomic E-state index is 13.0. The number of nitrogens with zero attached hydrogens (tertiary/aromatic N) is 1. The standard InChI is InChI=1S/C15H12ClFN2/c16-14-8-12(17)6-7-13(14)15(9-18)19-10-11-4-2-1-3-5-11/h1-8,15,19H,10H2. The van der Waals surface area contributed by atoms with Crippen LogP contribution in [0.3, 0.4) is 0 Å². The first-order chi connectivity index (χ1) is 9.20. The van der Waals surface area contributed by atoms with Gasteiger partial charge in [-0.3, -0.25) is 5.32 Å². The maximum absolute atomic E-state index is 13.0. The highest BCUT2D eigenvalue weighted by molar-refractivity contribution is 6.31. The fraction of sp³-hybridized carbons (Fsp3) is 0.133. The molecule has 19 heavy (non-hydrogen) atoms. The number of nitriles is 1. The number of hydrogen-bond donors (Lipinski definition) is 1. The second kappa shape index (κ2) is 6.33. The van der Waals surface area contributed by atoms with Crippen molar-refractivity contribution in [3.63, 3.8) is 0 Å². The number of hydrogen-bond acceptors (Lipinski definition) is 2. The molecule has 0 aliphatic carbocycles. The molecule has 2 aromatic carbocycles. The molecule has 0 aliphatic heterocycles. The van der Waals surface area contributed by atoms with Crippen LogP contribution in [0.1, 0.15) is 17.2 Å². The minimum atomic E-state index is -0.562. The minimum absolute atomic E-state index is 0.257. The highest BCUT2D eigenvalue weighted by Gasteiger charge is 2.14. The highest BCUT2D eigenvalue weighted by atomic mass is 35.5. The zero-order valence-corrected chi connectivity index (χ0v) is 10.9. The van der Waals surface area contributed by atoms with E-state index in [1.165, 1.54) is 18.2 Å². The van der Waals surface area contributed by atoms with Crippen LogP contribution in [-0.2, 0) is 6.54 Å². The molecule has 0 saturated heterocycles. The van der Waals surface area contributed by atoms with Crippen molar-refractivity contribution in [2.24, 2.45) is 0 Å². The predicted molar refractivity (Wildman–Crippen MR) is 73.0 cm³/mol. The second-order valence-corrected chi connectivity index (χ2v) is 4.50. The number of rotatable bonds is 4. The van der Waals surface area contributed by atoms with Gasteiger partial charge in [0.2, 0.25) is 0 Å². The van der Waals surface area contributed by atoms with Gasteiger partial charge in [-0.05, 0) is 17.7 Å². The molecule has 0 spiro atoms. The Morgan fingerprint density at radius 1 is 1.21 bits per heavy atom. The lowest BCUT2D eigenvalue weighted by Gasteiger charge is -2.13. The molecule has 0 heterocycles. The van der Waals surface area contributed by atoms with E-state index in [-0.39, 0.29) is 5.02 Å². The van der Waals surface area contributed by atoms with Crippen LogP contribution in [0.5, 0.6) is 0 Å². The summed E-state index contributed by atoms with van der Waals surface area (Å²) in [5, 5.41) is 12.5. The largest absolute Gasteiger partial charge is 0.294 e. The molecule has 1 N–H and O–H groups in total. The van der Waals surface area contributed by atoms with Crippen molar-refractivity contribution in [2.75, 3.05) is 0 Å².